The summed E-state index contributed by atoms with van der Waals surface area (Å²) in [4.78, 5) is 2.94. The molecule has 0 aliphatic heterocycles. The van der Waals surface area contributed by atoms with Crippen LogP contribution in [0.3, 0.4) is 0 Å². The molecule has 0 radical (unpaired) electrons. The molecule has 3 N–H and O–H groups in total. The van der Waals surface area contributed by atoms with Crippen LogP contribution in [0, 0.1) is 4.64 Å². The summed E-state index contributed by atoms with van der Waals surface area (Å²) in [5.74, 6) is 0. The maximum absolute atomic E-state index is 5.62. The Bertz CT molecular complexity index is 290. The van der Waals surface area contributed by atoms with Gasteiger partial charge in [-0.25, -0.2) is 0 Å². The second-order valence-electron chi connectivity index (χ2n) is 2.54. The second-order valence-corrected chi connectivity index (χ2v) is 2.95. The van der Waals surface area contributed by atoms with E-state index in [2.05, 4.69) is 11.9 Å². The van der Waals surface area contributed by atoms with Crippen molar-refractivity contribution in [1.82, 2.24) is 4.98 Å². The molecule has 3 heteroatoms. The number of aromatic nitrogens is 1. The van der Waals surface area contributed by atoms with Crippen LogP contribution >= 0.6 is 12.2 Å². The van der Waals surface area contributed by atoms with Crippen molar-refractivity contribution in [2.24, 2.45) is 0 Å². The first-order valence-corrected chi connectivity index (χ1v) is 4.12. The Balaban J connectivity index is 2.96. The first-order chi connectivity index (χ1) is 5.24. The van der Waals surface area contributed by atoms with Gasteiger partial charge in [0.1, 0.15) is 4.64 Å². The van der Waals surface area contributed by atoms with Crippen LogP contribution in [0.5, 0.6) is 0 Å². The average Bonchev–Trinajstić information content (AvgIpc) is 1.98. The van der Waals surface area contributed by atoms with Gasteiger partial charge in [-0.15, -0.1) is 0 Å². The second kappa shape index (κ2) is 3.53. The van der Waals surface area contributed by atoms with Crippen molar-refractivity contribution in [3.63, 3.8) is 0 Å². The van der Waals surface area contributed by atoms with Gasteiger partial charge in [-0.05, 0) is 18.1 Å². The van der Waals surface area contributed by atoms with Crippen LogP contribution < -0.4 is 5.73 Å². The molecule has 1 heterocycles. The molecular weight excluding hydrogens is 156 g/mol. The number of aryl methyl sites for hydroxylation is 1. The smallest absolute Gasteiger partial charge is 0.126 e. The minimum Gasteiger partial charge on any atom is -0.396 e. The molecule has 0 atom stereocenters. The lowest BCUT2D eigenvalue weighted by atomic mass is 10.2. The van der Waals surface area contributed by atoms with Gasteiger partial charge >= 0.3 is 0 Å². The number of aromatic amines is 1. The maximum atomic E-state index is 5.62. The van der Waals surface area contributed by atoms with Gasteiger partial charge in [-0.3, -0.25) is 0 Å². The Labute approximate surface area is 71.4 Å². The van der Waals surface area contributed by atoms with Gasteiger partial charge in [-0.2, -0.15) is 0 Å². The van der Waals surface area contributed by atoms with Crippen LogP contribution in [0.25, 0.3) is 0 Å². The van der Waals surface area contributed by atoms with E-state index in [1.165, 1.54) is 5.56 Å². The summed E-state index contributed by atoms with van der Waals surface area (Å²) in [6.45, 7) is 2.14. The van der Waals surface area contributed by atoms with Crippen LogP contribution in [-0.4, -0.2) is 4.98 Å². The molecule has 0 fully saturated rings. The quantitative estimate of drug-likeness (QED) is 0.665. The summed E-state index contributed by atoms with van der Waals surface area (Å²) in [5, 5.41) is 0. The van der Waals surface area contributed by atoms with Crippen molar-refractivity contribution in [3.05, 3.63) is 22.5 Å². The molecule has 0 aliphatic rings. The molecule has 1 aromatic rings. The fraction of sp³-hybridized carbons (Fsp3) is 0.375. The summed E-state index contributed by atoms with van der Waals surface area (Å²) in [6.07, 6.45) is 4.10. The first kappa shape index (κ1) is 8.27. The van der Waals surface area contributed by atoms with E-state index in [-0.39, 0.29) is 0 Å². The zero-order valence-corrected chi connectivity index (χ0v) is 7.37. The van der Waals surface area contributed by atoms with E-state index in [1.807, 2.05) is 12.3 Å². The minimum atomic E-state index is 0.629. The molecular formula is C8H12N2S. The molecule has 0 saturated carbocycles. The Morgan fingerprint density at radius 3 is 2.91 bits per heavy atom. The molecule has 0 saturated heterocycles. The molecule has 2 nitrogen and oxygen atoms in total. The third kappa shape index (κ3) is 2.05. The van der Waals surface area contributed by atoms with Crippen molar-refractivity contribution in [1.29, 1.82) is 0 Å². The topological polar surface area (TPSA) is 41.8 Å². The van der Waals surface area contributed by atoms with Crippen LogP contribution in [0.4, 0.5) is 5.69 Å². The van der Waals surface area contributed by atoms with E-state index in [0.29, 0.717) is 10.3 Å². The fourth-order valence-electron chi connectivity index (χ4n) is 0.982. The normalized spacial score (nSPS) is 9.91. The molecule has 0 spiro atoms. The highest BCUT2D eigenvalue weighted by Crippen LogP contribution is 2.07. The van der Waals surface area contributed by atoms with Gasteiger partial charge in [0, 0.05) is 6.20 Å². The lowest BCUT2D eigenvalue weighted by Gasteiger charge is -1.99. The summed E-state index contributed by atoms with van der Waals surface area (Å²) >= 11 is 4.92. The zero-order valence-electron chi connectivity index (χ0n) is 6.55. The van der Waals surface area contributed by atoms with Crippen molar-refractivity contribution in [3.8, 4) is 0 Å². The Hall–Kier alpha value is -0.830. The summed E-state index contributed by atoms with van der Waals surface area (Å²) in [6, 6.07) is 1.93. The summed E-state index contributed by atoms with van der Waals surface area (Å²) < 4.78 is 0.629. The highest BCUT2D eigenvalue weighted by atomic mass is 32.1. The zero-order chi connectivity index (χ0) is 8.27. The van der Waals surface area contributed by atoms with Crippen molar-refractivity contribution >= 4 is 17.9 Å². The lowest BCUT2D eigenvalue weighted by Crippen LogP contribution is -1.92. The molecule has 0 aliphatic carbocycles. The predicted octanol–water partition coefficient (Wildman–Crippen LogP) is 2.28. The van der Waals surface area contributed by atoms with Crippen LogP contribution in [0.15, 0.2) is 12.3 Å². The van der Waals surface area contributed by atoms with Crippen LogP contribution in [0.1, 0.15) is 18.9 Å². The number of pyridine rings is 1. The van der Waals surface area contributed by atoms with Gasteiger partial charge in [0.2, 0.25) is 0 Å². The van der Waals surface area contributed by atoms with E-state index in [4.69, 9.17) is 18.0 Å². The van der Waals surface area contributed by atoms with Crippen LogP contribution in [-0.2, 0) is 6.42 Å². The number of rotatable bonds is 2. The summed E-state index contributed by atoms with van der Waals surface area (Å²) in [7, 11) is 0. The number of nitrogens with two attached hydrogens (primary N) is 1. The van der Waals surface area contributed by atoms with E-state index in [1.54, 1.807) is 0 Å². The highest BCUT2D eigenvalue weighted by Gasteiger charge is 1.92. The van der Waals surface area contributed by atoms with Gasteiger partial charge in [0.05, 0.1) is 5.69 Å². The van der Waals surface area contributed by atoms with Crippen molar-refractivity contribution < 1.29 is 0 Å². The molecule has 0 aromatic carbocycles. The third-order valence-electron chi connectivity index (χ3n) is 1.53. The van der Waals surface area contributed by atoms with Gasteiger partial charge in [0.25, 0.3) is 0 Å². The maximum Gasteiger partial charge on any atom is 0.126 e. The molecule has 1 aromatic heterocycles. The van der Waals surface area contributed by atoms with Gasteiger partial charge in [0.15, 0.2) is 0 Å². The van der Waals surface area contributed by atoms with Crippen molar-refractivity contribution in [2.75, 3.05) is 5.73 Å². The number of nitrogens with one attached hydrogen (secondary N) is 1. The Kier molecular flexibility index (Phi) is 2.65. The standard InChI is InChI=1S/C8H12N2S/c1-2-3-6-4-7(9)8(11)10-5-6/h4-5H,2-3,9H2,1H3,(H,10,11). The Morgan fingerprint density at radius 1 is 1.64 bits per heavy atom. The molecule has 60 valence electrons. The van der Waals surface area contributed by atoms with Gasteiger partial charge in [-0.1, -0.05) is 25.6 Å². The van der Waals surface area contributed by atoms with E-state index in [0.717, 1.165) is 12.8 Å². The van der Waals surface area contributed by atoms with E-state index in [9.17, 15) is 0 Å². The molecule has 11 heavy (non-hydrogen) atoms. The van der Waals surface area contributed by atoms with Crippen LogP contribution in [0.2, 0.25) is 0 Å². The van der Waals surface area contributed by atoms with E-state index < -0.39 is 0 Å². The molecule has 1 rings (SSSR count). The summed E-state index contributed by atoms with van der Waals surface area (Å²) in [5.41, 5.74) is 7.51. The number of hydrogen-bond donors (Lipinski definition) is 2. The molecule has 0 bridgehead atoms. The monoisotopic (exact) mass is 168 g/mol. The lowest BCUT2D eigenvalue weighted by molar-refractivity contribution is 0.914. The predicted molar refractivity (Wildman–Crippen MR) is 50.0 cm³/mol. The largest absolute Gasteiger partial charge is 0.396 e. The average molecular weight is 168 g/mol. The number of hydrogen-bond acceptors (Lipinski definition) is 2. The fourth-order valence-corrected chi connectivity index (χ4v) is 1.10. The number of anilines is 1. The number of nitrogen functional groups attached to an aromatic ring is 1. The highest BCUT2D eigenvalue weighted by molar-refractivity contribution is 7.71. The molecule has 0 amide bonds. The van der Waals surface area contributed by atoms with E-state index >= 15 is 0 Å². The SMILES string of the molecule is CCCc1c[nH]c(=S)c(N)c1. The third-order valence-corrected chi connectivity index (χ3v) is 1.88. The number of H-pyrrole nitrogens is 1. The minimum absolute atomic E-state index is 0.629. The van der Waals surface area contributed by atoms with Crippen molar-refractivity contribution in [2.45, 2.75) is 19.8 Å². The van der Waals surface area contributed by atoms with Gasteiger partial charge < -0.3 is 10.7 Å². The molecule has 0 unspecified atom stereocenters. The first-order valence-electron chi connectivity index (χ1n) is 3.71. The Morgan fingerprint density at radius 2 is 2.36 bits per heavy atom.